The second-order valence-electron chi connectivity index (χ2n) is 4.22. The lowest BCUT2D eigenvalue weighted by atomic mass is 10.1. The fourth-order valence-electron chi connectivity index (χ4n) is 1.69. The van der Waals surface area contributed by atoms with Gasteiger partial charge in [-0.2, -0.15) is 0 Å². The Morgan fingerprint density at radius 2 is 1.85 bits per heavy atom. The van der Waals surface area contributed by atoms with Crippen LogP contribution in [0.4, 0.5) is 0 Å². The van der Waals surface area contributed by atoms with Crippen LogP contribution in [-0.4, -0.2) is 21.9 Å². The molecule has 1 heterocycles. The SMILES string of the molecule is O=C(CC(O)c1ccccc1)NNC(=O)c1ccc[nH]1. The minimum Gasteiger partial charge on any atom is -0.388 e. The molecule has 1 unspecified atom stereocenters. The molecule has 6 nitrogen and oxygen atoms in total. The van der Waals surface area contributed by atoms with Gasteiger partial charge in [0, 0.05) is 6.20 Å². The molecule has 0 bridgehead atoms. The molecule has 1 aromatic carbocycles. The van der Waals surface area contributed by atoms with Crippen LogP contribution in [0.1, 0.15) is 28.6 Å². The van der Waals surface area contributed by atoms with Crippen LogP contribution < -0.4 is 10.9 Å². The van der Waals surface area contributed by atoms with E-state index in [0.29, 0.717) is 11.3 Å². The number of hydrogen-bond acceptors (Lipinski definition) is 3. The molecule has 0 saturated carbocycles. The number of hydrazine groups is 1. The van der Waals surface area contributed by atoms with Crippen molar-refractivity contribution in [2.45, 2.75) is 12.5 Å². The third-order valence-corrected chi connectivity index (χ3v) is 2.72. The minimum atomic E-state index is -0.904. The molecule has 4 N–H and O–H groups in total. The maximum Gasteiger partial charge on any atom is 0.286 e. The van der Waals surface area contributed by atoms with Crippen molar-refractivity contribution in [1.82, 2.24) is 15.8 Å². The number of nitrogens with one attached hydrogen (secondary N) is 3. The highest BCUT2D eigenvalue weighted by atomic mass is 16.3. The van der Waals surface area contributed by atoms with E-state index in [1.807, 2.05) is 6.07 Å². The number of aliphatic hydroxyl groups is 1. The Morgan fingerprint density at radius 1 is 1.10 bits per heavy atom. The van der Waals surface area contributed by atoms with Gasteiger partial charge in [-0.1, -0.05) is 30.3 Å². The quantitative estimate of drug-likeness (QED) is 0.623. The van der Waals surface area contributed by atoms with Crippen molar-refractivity contribution in [1.29, 1.82) is 0 Å². The van der Waals surface area contributed by atoms with Gasteiger partial charge in [0.2, 0.25) is 5.91 Å². The predicted molar refractivity (Wildman–Crippen MR) is 72.4 cm³/mol. The first-order valence-electron chi connectivity index (χ1n) is 6.12. The molecule has 0 saturated heterocycles. The molecule has 1 atom stereocenters. The average molecular weight is 273 g/mol. The molecule has 1 aromatic heterocycles. The molecule has 0 aliphatic heterocycles. The lowest BCUT2D eigenvalue weighted by Crippen LogP contribution is -2.42. The Morgan fingerprint density at radius 3 is 2.50 bits per heavy atom. The van der Waals surface area contributed by atoms with Gasteiger partial charge in [0.1, 0.15) is 5.69 Å². The summed E-state index contributed by atoms with van der Waals surface area (Å²) in [4.78, 5) is 25.9. The third-order valence-electron chi connectivity index (χ3n) is 2.72. The van der Waals surface area contributed by atoms with E-state index >= 15 is 0 Å². The van der Waals surface area contributed by atoms with E-state index < -0.39 is 17.9 Å². The number of benzene rings is 1. The summed E-state index contributed by atoms with van der Waals surface area (Å²) in [6, 6.07) is 12.1. The number of aromatic nitrogens is 1. The Balaban J connectivity index is 1.80. The van der Waals surface area contributed by atoms with E-state index in [0.717, 1.165) is 0 Å². The topological polar surface area (TPSA) is 94.2 Å². The number of H-pyrrole nitrogens is 1. The molecule has 6 heteroatoms. The van der Waals surface area contributed by atoms with Crippen LogP contribution in [0.25, 0.3) is 0 Å². The molecular formula is C14H15N3O3. The summed E-state index contributed by atoms with van der Waals surface area (Å²) in [5.74, 6) is -0.918. The van der Waals surface area contributed by atoms with E-state index in [-0.39, 0.29) is 6.42 Å². The molecule has 0 aliphatic rings. The Hall–Kier alpha value is -2.60. The number of carbonyl (C=O) groups is 2. The highest BCUT2D eigenvalue weighted by Gasteiger charge is 2.13. The molecule has 2 amide bonds. The Labute approximate surface area is 115 Å². The van der Waals surface area contributed by atoms with Gasteiger partial charge in [0.05, 0.1) is 12.5 Å². The number of rotatable bonds is 4. The van der Waals surface area contributed by atoms with Gasteiger partial charge >= 0.3 is 0 Å². The fraction of sp³-hybridized carbons (Fsp3) is 0.143. The van der Waals surface area contributed by atoms with E-state index in [4.69, 9.17) is 0 Å². The monoisotopic (exact) mass is 273 g/mol. The van der Waals surface area contributed by atoms with Crippen molar-refractivity contribution in [3.8, 4) is 0 Å². The van der Waals surface area contributed by atoms with Crippen molar-refractivity contribution in [2.24, 2.45) is 0 Å². The van der Waals surface area contributed by atoms with E-state index in [1.165, 1.54) is 0 Å². The van der Waals surface area contributed by atoms with Gasteiger partial charge in [0.25, 0.3) is 5.91 Å². The maximum absolute atomic E-state index is 11.6. The molecule has 0 fully saturated rings. The van der Waals surface area contributed by atoms with E-state index in [9.17, 15) is 14.7 Å². The first-order valence-corrected chi connectivity index (χ1v) is 6.12. The van der Waals surface area contributed by atoms with Crippen molar-refractivity contribution in [2.75, 3.05) is 0 Å². The van der Waals surface area contributed by atoms with Crippen LogP contribution in [-0.2, 0) is 4.79 Å². The lowest BCUT2D eigenvalue weighted by Gasteiger charge is -2.11. The minimum absolute atomic E-state index is 0.130. The molecule has 0 aliphatic carbocycles. The van der Waals surface area contributed by atoms with Gasteiger partial charge in [-0.3, -0.25) is 20.4 Å². The Bertz CT molecular complexity index is 567. The molecule has 2 rings (SSSR count). The highest BCUT2D eigenvalue weighted by Crippen LogP contribution is 2.15. The fourth-order valence-corrected chi connectivity index (χ4v) is 1.69. The normalized spacial score (nSPS) is 11.7. The zero-order chi connectivity index (χ0) is 14.4. The van der Waals surface area contributed by atoms with Crippen LogP contribution >= 0.6 is 0 Å². The molecule has 2 aromatic rings. The van der Waals surface area contributed by atoms with Gasteiger partial charge < -0.3 is 10.1 Å². The van der Waals surface area contributed by atoms with Crippen LogP contribution in [0.5, 0.6) is 0 Å². The highest BCUT2D eigenvalue weighted by molar-refractivity contribution is 5.93. The molecule has 0 radical (unpaired) electrons. The predicted octanol–water partition coefficient (Wildman–Crippen LogP) is 0.899. The van der Waals surface area contributed by atoms with Crippen molar-refractivity contribution < 1.29 is 14.7 Å². The number of hydrogen-bond donors (Lipinski definition) is 4. The number of aliphatic hydroxyl groups excluding tert-OH is 1. The third kappa shape index (κ3) is 3.69. The number of carbonyl (C=O) groups excluding carboxylic acids is 2. The standard InChI is InChI=1S/C14H15N3O3/c18-12(10-5-2-1-3-6-10)9-13(19)16-17-14(20)11-7-4-8-15-11/h1-8,12,15,18H,9H2,(H,16,19)(H,17,20). The van der Waals surface area contributed by atoms with Gasteiger partial charge in [-0.25, -0.2) is 0 Å². The summed E-state index contributed by atoms with van der Waals surface area (Å²) < 4.78 is 0. The summed E-state index contributed by atoms with van der Waals surface area (Å²) in [7, 11) is 0. The molecule has 104 valence electrons. The lowest BCUT2D eigenvalue weighted by molar-refractivity contribution is -0.123. The van der Waals surface area contributed by atoms with Crippen molar-refractivity contribution in [3.05, 3.63) is 59.9 Å². The van der Waals surface area contributed by atoms with Crippen LogP contribution in [0, 0.1) is 0 Å². The summed E-state index contributed by atoms with van der Waals surface area (Å²) in [5.41, 5.74) is 5.51. The van der Waals surface area contributed by atoms with E-state index in [2.05, 4.69) is 15.8 Å². The zero-order valence-electron chi connectivity index (χ0n) is 10.7. The molecule has 20 heavy (non-hydrogen) atoms. The summed E-state index contributed by atoms with van der Waals surface area (Å²) in [6.07, 6.45) is 0.573. The van der Waals surface area contributed by atoms with Gasteiger partial charge in [0.15, 0.2) is 0 Å². The second kappa shape index (κ2) is 6.53. The average Bonchev–Trinajstić information content (AvgIpc) is 3.00. The largest absolute Gasteiger partial charge is 0.388 e. The van der Waals surface area contributed by atoms with Crippen molar-refractivity contribution in [3.63, 3.8) is 0 Å². The van der Waals surface area contributed by atoms with Crippen LogP contribution in [0.2, 0.25) is 0 Å². The van der Waals surface area contributed by atoms with Gasteiger partial charge in [-0.15, -0.1) is 0 Å². The van der Waals surface area contributed by atoms with E-state index in [1.54, 1.807) is 42.6 Å². The summed E-state index contributed by atoms with van der Waals surface area (Å²) >= 11 is 0. The van der Waals surface area contributed by atoms with Crippen LogP contribution in [0.15, 0.2) is 48.7 Å². The number of amides is 2. The molecule has 0 spiro atoms. The van der Waals surface area contributed by atoms with Crippen molar-refractivity contribution >= 4 is 11.8 Å². The Kier molecular flexibility index (Phi) is 4.52. The zero-order valence-corrected chi connectivity index (χ0v) is 10.7. The van der Waals surface area contributed by atoms with Gasteiger partial charge in [-0.05, 0) is 17.7 Å². The first-order chi connectivity index (χ1) is 9.66. The number of aromatic amines is 1. The molecular weight excluding hydrogens is 258 g/mol. The van der Waals surface area contributed by atoms with Crippen LogP contribution in [0.3, 0.4) is 0 Å². The first kappa shape index (κ1) is 13.8. The summed E-state index contributed by atoms with van der Waals surface area (Å²) in [6.45, 7) is 0. The summed E-state index contributed by atoms with van der Waals surface area (Å²) in [5, 5.41) is 9.86. The maximum atomic E-state index is 11.6. The smallest absolute Gasteiger partial charge is 0.286 e. The second-order valence-corrected chi connectivity index (χ2v) is 4.22.